The van der Waals surface area contributed by atoms with E-state index < -0.39 is 11.6 Å². The topological polar surface area (TPSA) is 29.5 Å². The van der Waals surface area contributed by atoms with Gasteiger partial charge >= 0.3 is 0 Å². The molecule has 3 nitrogen and oxygen atoms in total. The van der Waals surface area contributed by atoms with Gasteiger partial charge in [-0.1, -0.05) is 0 Å². The van der Waals surface area contributed by atoms with Gasteiger partial charge in [0.05, 0.1) is 13.2 Å². The number of carbonyl (C=O) groups is 1. The normalized spacial score (nSPS) is 19.4. The second-order valence-corrected chi connectivity index (χ2v) is 3.38. The molecule has 0 unspecified atom stereocenters. The van der Waals surface area contributed by atoms with Gasteiger partial charge in [-0.25, -0.2) is 4.39 Å². The van der Waals surface area contributed by atoms with Crippen molar-refractivity contribution < 1.29 is 13.9 Å². The van der Waals surface area contributed by atoms with Gasteiger partial charge in [-0.15, -0.1) is 0 Å². The summed E-state index contributed by atoms with van der Waals surface area (Å²) < 4.78 is 18.2. The molecule has 1 aliphatic rings. The number of nitrogens with zero attached hydrogens (tertiary/aromatic N) is 1. The van der Waals surface area contributed by atoms with Crippen molar-refractivity contribution in [2.45, 2.75) is 19.5 Å². The van der Waals surface area contributed by atoms with Crippen LogP contribution in [0.2, 0.25) is 0 Å². The summed E-state index contributed by atoms with van der Waals surface area (Å²) in [5, 5.41) is 0. The average Bonchev–Trinajstić information content (AvgIpc) is 2.03. The molecule has 0 saturated carbocycles. The van der Waals surface area contributed by atoms with Crippen molar-refractivity contribution in [3.05, 3.63) is 0 Å². The summed E-state index contributed by atoms with van der Waals surface area (Å²) in [4.78, 5) is 12.8. The number of halogens is 1. The third kappa shape index (κ3) is 2.17. The summed E-state index contributed by atoms with van der Waals surface area (Å²) in [7, 11) is 0. The number of hydrogen-bond donors (Lipinski definition) is 0. The van der Waals surface area contributed by atoms with E-state index in [1.54, 1.807) is 0 Å². The first-order chi connectivity index (χ1) is 5.52. The molecule has 0 radical (unpaired) electrons. The van der Waals surface area contributed by atoms with Crippen molar-refractivity contribution >= 4 is 5.91 Å². The van der Waals surface area contributed by atoms with Crippen molar-refractivity contribution in [1.29, 1.82) is 0 Å². The molecule has 0 bridgehead atoms. The Balaban J connectivity index is 2.51. The molecule has 1 heterocycles. The minimum absolute atomic E-state index is 0.439. The maximum atomic E-state index is 13.1. The van der Waals surface area contributed by atoms with Crippen LogP contribution in [0.4, 0.5) is 4.39 Å². The van der Waals surface area contributed by atoms with Gasteiger partial charge in [-0.3, -0.25) is 4.79 Å². The Morgan fingerprint density at radius 3 is 2.33 bits per heavy atom. The minimum Gasteiger partial charge on any atom is -0.378 e. The number of ether oxygens (including phenoxy) is 1. The van der Waals surface area contributed by atoms with Crippen molar-refractivity contribution in [3.8, 4) is 0 Å². The predicted octanol–water partition coefficient (Wildman–Crippen LogP) is 0.593. The van der Waals surface area contributed by atoms with Gasteiger partial charge in [0, 0.05) is 13.1 Å². The first kappa shape index (κ1) is 9.45. The van der Waals surface area contributed by atoms with Gasteiger partial charge in [-0.05, 0) is 13.8 Å². The van der Waals surface area contributed by atoms with Crippen molar-refractivity contribution in [2.75, 3.05) is 26.3 Å². The number of morpholine rings is 1. The quantitative estimate of drug-likeness (QED) is 0.584. The molecule has 0 N–H and O–H groups in total. The first-order valence-corrected chi connectivity index (χ1v) is 4.08. The van der Waals surface area contributed by atoms with Crippen LogP contribution < -0.4 is 0 Å². The molecule has 1 fully saturated rings. The van der Waals surface area contributed by atoms with E-state index in [0.717, 1.165) is 0 Å². The van der Waals surface area contributed by atoms with Crippen molar-refractivity contribution in [2.24, 2.45) is 0 Å². The lowest BCUT2D eigenvalue weighted by Crippen LogP contribution is -2.47. The Morgan fingerprint density at radius 2 is 1.92 bits per heavy atom. The largest absolute Gasteiger partial charge is 0.378 e. The lowest BCUT2D eigenvalue weighted by molar-refractivity contribution is -0.145. The second kappa shape index (κ2) is 3.39. The Bertz CT molecular complexity index is 170. The monoisotopic (exact) mass is 175 g/mol. The number of rotatable bonds is 1. The number of carbonyl (C=O) groups excluding carboxylic acids is 1. The molecule has 1 saturated heterocycles. The van der Waals surface area contributed by atoms with Crippen LogP contribution in [0.25, 0.3) is 0 Å². The van der Waals surface area contributed by atoms with Gasteiger partial charge < -0.3 is 9.64 Å². The molecular weight excluding hydrogens is 161 g/mol. The highest BCUT2D eigenvalue weighted by atomic mass is 19.1. The molecular formula is C8H14FNO2. The van der Waals surface area contributed by atoms with E-state index in [1.165, 1.54) is 18.7 Å². The maximum absolute atomic E-state index is 13.1. The van der Waals surface area contributed by atoms with E-state index in [0.29, 0.717) is 26.3 Å². The zero-order chi connectivity index (χ0) is 9.19. The van der Waals surface area contributed by atoms with E-state index >= 15 is 0 Å². The average molecular weight is 175 g/mol. The summed E-state index contributed by atoms with van der Waals surface area (Å²) in [5.74, 6) is -0.439. The molecule has 0 atom stereocenters. The summed E-state index contributed by atoms with van der Waals surface area (Å²) in [6.45, 7) is 4.61. The molecule has 1 amide bonds. The summed E-state index contributed by atoms with van der Waals surface area (Å²) in [6.07, 6.45) is 0. The summed E-state index contributed by atoms with van der Waals surface area (Å²) in [5.41, 5.74) is -1.75. The standard InChI is InChI=1S/C8H14FNO2/c1-8(2,9)7(11)10-3-5-12-6-4-10/h3-6H2,1-2H3. The Labute approximate surface area is 71.5 Å². The zero-order valence-corrected chi connectivity index (χ0v) is 7.47. The molecule has 12 heavy (non-hydrogen) atoms. The molecule has 0 aromatic carbocycles. The number of amides is 1. The van der Waals surface area contributed by atoms with Crippen LogP contribution in [-0.2, 0) is 9.53 Å². The van der Waals surface area contributed by atoms with Crippen LogP contribution in [0.15, 0.2) is 0 Å². The molecule has 70 valence electrons. The molecule has 1 aliphatic heterocycles. The van der Waals surface area contributed by atoms with Crippen LogP contribution in [0.5, 0.6) is 0 Å². The van der Waals surface area contributed by atoms with Crippen LogP contribution in [0.3, 0.4) is 0 Å². The molecule has 4 heteroatoms. The fourth-order valence-corrected chi connectivity index (χ4v) is 1.14. The fraction of sp³-hybridized carbons (Fsp3) is 0.875. The highest BCUT2D eigenvalue weighted by molar-refractivity contribution is 5.84. The highest BCUT2D eigenvalue weighted by Crippen LogP contribution is 2.13. The Hall–Kier alpha value is -0.640. The zero-order valence-electron chi connectivity index (χ0n) is 7.47. The van der Waals surface area contributed by atoms with Gasteiger partial charge in [-0.2, -0.15) is 0 Å². The van der Waals surface area contributed by atoms with Gasteiger partial charge in [0.2, 0.25) is 0 Å². The Kier molecular flexibility index (Phi) is 2.67. The molecule has 0 aromatic rings. The van der Waals surface area contributed by atoms with Crippen LogP contribution in [0, 0.1) is 0 Å². The molecule has 0 aliphatic carbocycles. The van der Waals surface area contributed by atoms with Crippen LogP contribution >= 0.6 is 0 Å². The Morgan fingerprint density at radius 1 is 1.42 bits per heavy atom. The minimum atomic E-state index is -1.75. The molecule has 1 rings (SSSR count). The van der Waals surface area contributed by atoms with Crippen LogP contribution in [-0.4, -0.2) is 42.8 Å². The van der Waals surface area contributed by atoms with Gasteiger partial charge in [0.15, 0.2) is 5.67 Å². The maximum Gasteiger partial charge on any atom is 0.259 e. The van der Waals surface area contributed by atoms with E-state index in [2.05, 4.69) is 0 Å². The summed E-state index contributed by atoms with van der Waals surface area (Å²) in [6, 6.07) is 0. The van der Waals surface area contributed by atoms with E-state index in [9.17, 15) is 9.18 Å². The predicted molar refractivity (Wildman–Crippen MR) is 42.6 cm³/mol. The molecule has 0 spiro atoms. The van der Waals surface area contributed by atoms with Crippen molar-refractivity contribution in [3.63, 3.8) is 0 Å². The molecule has 0 aromatic heterocycles. The highest BCUT2D eigenvalue weighted by Gasteiger charge is 2.32. The third-order valence-corrected chi connectivity index (χ3v) is 1.81. The number of alkyl halides is 1. The fourth-order valence-electron chi connectivity index (χ4n) is 1.14. The smallest absolute Gasteiger partial charge is 0.259 e. The van der Waals surface area contributed by atoms with Crippen LogP contribution in [0.1, 0.15) is 13.8 Å². The summed E-state index contributed by atoms with van der Waals surface area (Å²) >= 11 is 0. The first-order valence-electron chi connectivity index (χ1n) is 4.08. The van der Waals surface area contributed by atoms with E-state index in [-0.39, 0.29) is 0 Å². The van der Waals surface area contributed by atoms with E-state index in [1.807, 2.05) is 0 Å². The number of hydrogen-bond acceptors (Lipinski definition) is 2. The van der Waals surface area contributed by atoms with Gasteiger partial charge in [0.25, 0.3) is 5.91 Å². The second-order valence-electron chi connectivity index (χ2n) is 3.38. The SMILES string of the molecule is CC(C)(F)C(=O)N1CCOCC1. The van der Waals surface area contributed by atoms with Crippen molar-refractivity contribution in [1.82, 2.24) is 4.90 Å². The van der Waals surface area contributed by atoms with E-state index in [4.69, 9.17) is 4.74 Å². The van der Waals surface area contributed by atoms with Gasteiger partial charge in [0.1, 0.15) is 0 Å². The third-order valence-electron chi connectivity index (χ3n) is 1.81. The lowest BCUT2D eigenvalue weighted by Gasteiger charge is -2.30. The lowest BCUT2D eigenvalue weighted by atomic mass is 10.1.